The van der Waals surface area contributed by atoms with Gasteiger partial charge in [-0.05, 0) is 23.6 Å². The molecule has 7 nitrogen and oxygen atoms in total. The Kier molecular flexibility index (Phi) is 5.28. The van der Waals surface area contributed by atoms with Gasteiger partial charge in [-0.2, -0.15) is 5.26 Å². The molecule has 8 heteroatoms. The van der Waals surface area contributed by atoms with Crippen LogP contribution in [0.15, 0.2) is 55.1 Å². The molecule has 1 aromatic carbocycles. The van der Waals surface area contributed by atoms with Gasteiger partial charge in [0, 0.05) is 23.5 Å². The van der Waals surface area contributed by atoms with E-state index in [1.807, 2.05) is 24.4 Å². The van der Waals surface area contributed by atoms with Gasteiger partial charge >= 0.3 is 0 Å². The van der Waals surface area contributed by atoms with Crippen LogP contribution in [-0.4, -0.2) is 37.3 Å². The van der Waals surface area contributed by atoms with Crippen molar-refractivity contribution >= 4 is 27.4 Å². The van der Waals surface area contributed by atoms with Crippen molar-refractivity contribution in [3.63, 3.8) is 0 Å². The molecule has 0 aliphatic heterocycles. The second-order valence-electron chi connectivity index (χ2n) is 6.34. The van der Waals surface area contributed by atoms with Gasteiger partial charge < -0.3 is 15.0 Å². The van der Waals surface area contributed by atoms with Crippen molar-refractivity contribution in [1.82, 2.24) is 19.5 Å². The summed E-state index contributed by atoms with van der Waals surface area (Å²) in [7, 11) is 0. The minimum Gasteiger partial charge on any atom is -0.394 e. The van der Waals surface area contributed by atoms with Crippen molar-refractivity contribution in [1.29, 1.82) is 5.26 Å². The van der Waals surface area contributed by atoms with Gasteiger partial charge in [-0.25, -0.2) is 15.0 Å². The van der Waals surface area contributed by atoms with E-state index in [4.69, 9.17) is 5.26 Å². The highest BCUT2D eigenvalue weighted by Gasteiger charge is 2.13. The maximum Gasteiger partial charge on any atom is 0.223 e. The summed E-state index contributed by atoms with van der Waals surface area (Å²) in [6.45, 7) is 0.173. The molecule has 0 spiro atoms. The highest BCUT2D eigenvalue weighted by atomic mass is 32.1. The Morgan fingerprint density at radius 2 is 2.14 bits per heavy atom. The minimum atomic E-state index is -0.275. The molecule has 0 aliphatic rings. The first kappa shape index (κ1) is 18.1. The number of nitrogens with zero attached hydrogens (tertiary/aromatic N) is 5. The van der Waals surface area contributed by atoms with Crippen LogP contribution in [0, 0.1) is 11.3 Å². The van der Waals surface area contributed by atoms with Crippen LogP contribution in [0.5, 0.6) is 0 Å². The normalized spacial score (nSPS) is 12.0. The zero-order valence-corrected chi connectivity index (χ0v) is 15.8. The SMILES string of the molecule is N#CCn1cnc(C[C@@H](CO)Nc2nccc(-c3cc4ccccc4s3)n2)c1. The number of hydrogen-bond donors (Lipinski definition) is 2. The van der Waals surface area contributed by atoms with Crippen LogP contribution in [0.1, 0.15) is 5.69 Å². The lowest BCUT2D eigenvalue weighted by Crippen LogP contribution is -2.27. The zero-order chi connectivity index (χ0) is 19.3. The van der Waals surface area contributed by atoms with Crippen molar-refractivity contribution in [2.75, 3.05) is 11.9 Å². The van der Waals surface area contributed by atoms with Gasteiger partial charge in [0.15, 0.2) is 0 Å². The third kappa shape index (κ3) is 4.01. The number of benzene rings is 1. The predicted octanol–water partition coefficient (Wildman–Crippen LogP) is 3.09. The molecule has 0 fully saturated rings. The summed E-state index contributed by atoms with van der Waals surface area (Å²) in [6.07, 6.45) is 5.64. The second kappa shape index (κ2) is 8.17. The van der Waals surface area contributed by atoms with Crippen LogP contribution in [0.3, 0.4) is 0 Å². The van der Waals surface area contributed by atoms with Gasteiger partial charge in [-0.15, -0.1) is 11.3 Å². The number of aliphatic hydroxyl groups is 1. The number of anilines is 1. The summed E-state index contributed by atoms with van der Waals surface area (Å²) in [5.41, 5.74) is 1.64. The lowest BCUT2D eigenvalue weighted by Gasteiger charge is -2.15. The number of imidazole rings is 1. The van der Waals surface area contributed by atoms with E-state index in [1.54, 1.807) is 28.4 Å². The maximum atomic E-state index is 9.74. The average molecular weight is 390 g/mol. The number of nitriles is 1. The molecule has 0 saturated heterocycles. The van der Waals surface area contributed by atoms with Gasteiger partial charge in [0.2, 0.25) is 5.95 Å². The summed E-state index contributed by atoms with van der Waals surface area (Å²) in [5.74, 6) is 0.463. The molecular formula is C20H18N6OS. The van der Waals surface area contributed by atoms with Crippen LogP contribution in [-0.2, 0) is 13.0 Å². The summed E-state index contributed by atoms with van der Waals surface area (Å²) >= 11 is 1.69. The van der Waals surface area contributed by atoms with E-state index in [2.05, 4.69) is 44.5 Å². The molecule has 0 amide bonds. The van der Waals surface area contributed by atoms with E-state index in [1.165, 1.54) is 10.1 Å². The van der Waals surface area contributed by atoms with Crippen LogP contribution < -0.4 is 5.32 Å². The number of rotatable bonds is 7. The third-order valence-corrected chi connectivity index (χ3v) is 5.42. The second-order valence-corrected chi connectivity index (χ2v) is 7.42. The van der Waals surface area contributed by atoms with Gasteiger partial charge in [-0.1, -0.05) is 18.2 Å². The molecule has 3 aromatic heterocycles. The highest BCUT2D eigenvalue weighted by Crippen LogP contribution is 2.32. The fourth-order valence-electron chi connectivity index (χ4n) is 2.95. The molecule has 0 aliphatic carbocycles. The van der Waals surface area contributed by atoms with Crippen molar-refractivity contribution < 1.29 is 5.11 Å². The molecule has 3 heterocycles. The largest absolute Gasteiger partial charge is 0.394 e. The predicted molar refractivity (Wildman–Crippen MR) is 109 cm³/mol. The lowest BCUT2D eigenvalue weighted by atomic mass is 10.2. The highest BCUT2D eigenvalue weighted by molar-refractivity contribution is 7.22. The van der Waals surface area contributed by atoms with Crippen LogP contribution in [0.2, 0.25) is 0 Å². The number of aliphatic hydroxyl groups excluding tert-OH is 1. The quantitative estimate of drug-likeness (QED) is 0.503. The van der Waals surface area contributed by atoms with E-state index in [0.717, 1.165) is 16.3 Å². The minimum absolute atomic E-state index is 0.0818. The number of fused-ring (bicyclic) bond motifs is 1. The van der Waals surface area contributed by atoms with E-state index in [9.17, 15) is 5.11 Å². The van der Waals surface area contributed by atoms with E-state index >= 15 is 0 Å². The van der Waals surface area contributed by atoms with Gasteiger partial charge in [-0.3, -0.25) is 0 Å². The Labute approximate surface area is 166 Å². The zero-order valence-electron chi connectivity index (χ0n) is 15.0. The lowest BCUT2D eigenvalue weighted by molar-refractivity contribution is 0.272. The van der Waals surface area contributed by atoms with Crippen molar-refractivity contribution in [2.45, 2.75) is 19.0 Å². The fourth-order valence-corrected chi connectivity index (χ4v) is 3.98. The van der Waals surface area contributed by atoms with Crippen LogP contribution in [0.25, 0.3) is 20.7 Å². The topological polar surface area (TPSA) is 99.7 Å². The first-order chi connectivity index (χ1) is 13.7. The number of nitrogens with one attached hydrogen (secondary N) is 1. The van der Waals surface area contributed by atoms with E-state index in [-0.39, 0.29) is 19.2 Å². The molecule has 28 heavy (non-hydrogen) atoms. The average Bonchev–Trinajstić information content (AvgIpc) is 3.34. The Morgan fingerprint density at radius 1 is 1.25 bits per heavy atom. The van der Waals surface area contributed by atoms with Crippen molar-refractivity contribution in [3.05, 3.63) is 60.8 Å². The van der Waals surface area contributed by atoms with Gasteiger partial charge in [0.25, 0.3) is 0 Å². The fraction of sp³-hybridized carbons (Fsp3) is 0.200. The van der Waals surface area contributed by atoms with Gasteiger partial charge in [0.1, 0.15) is 6.54 Å². The van der Waals surface area contributed by atoms with Crippen molar-refractivity contribution in [2.24, 2.45) is 0 Å². The Hall–Kier alpha value is -3.28. The smallest absolute Gasteiger partial charge is 0.223 e. The molecule has 4 aromatic rings. The molecule has 140 valence electrons. The monoisotopic (exact) mass is 390 g/mol. The Morgan fingerprint density at radius 3 is 2.96 bits per heavy atom. The van der Waals surface area contributed by atoms with Crippen LogP contribution >= 0.6 is 11.3 Å². The molecule has 2 N–H and O–H groups in total. The molecule has 0 bridgehead atoms. The van der Waals surface area contributed by atoms with E-state index < -0.39 is 0 Å². The molecular weight excluding hydrogens is 372 g/mol. The first-order valence-electron chi connectivity index (χ1n) is 8.82. The molecule has 4 rings (SSSR count). The molecule has 0 radical (unpaired) electrons. The first-order valence-corrected chi connectivity index (χ1v) is 9.64. The Bertz CT molecular complexity index is 1100. The summed E-state index contributed by atoms with van der Waals surface area (Å²) in [6, 6.07) is 14.0. The van der Waals surface area contributed by atoms with E-state index in [0.29, 0.717) is 12.4 Å². The molecule has 1 atom stereocenters. The summed E-state index contributed by atoms with van der Waals surface area (Å²) < 4.78 is 2.93. The summed E-state index contributed by atoms with van der Waals surface area (Å²) in [4.78, 5) is 14.2. The third-order valence-electron chi connectivity index (χ3n) is 4.28. The number of thiophene rings is 1. The molecule has 0 saturated carbocycles. The number of hydrogen-bond acceptors (Lipinski definition) is 7. The Balaban J connectivity index is 1.50. The number of aromatic nitrogens is 4. The summed E-state index contributed by atoms with van der Waals surface area (Å²) in [5, 5.41) is 22.9. The van der Waals surface area contributed by atoms with Gasteiger partial charge in [0.05, 0.1) is 41.3 Å². The van der Waals surface area contributed by atoms with Crippen molar-refractivity contribution in [3.8, 4) is 16.6 Å². The molecule has 0 unspecified atom stereocenters. The van der Waals surface area contributed by atoms with Crippen LogP contribution in [0.4, 0.5) is 5.95 Å². The standard InChI is InChI=1S/C20H18N6OS/c21-6-8-26-11-15(23-13-26)10-16(12-27)24-20-22-7-5-17(25-20)19-9-14-3-1-2-4-18(14)28-19/h1-5,7,9,11,13,16,27H,8,10,12H2,(H,22,24,25)/t16-/m0/s1. The maximum absolute atomic E-state index is 9.74.